The summed E-state index contributed by atoms with van der Waals surface area (Å²) >= 11 is 5.29. The normalized spacial score (nSPS) is 12.5. The zero-order valence-corrected chi connectivity index (χ0v) is 14.0. The zero-order valence-electron chi connectivity index (χ0n) is 11.6. The minimum Gasteiger partial charge on any atom is -0.496 e. The van der Waals surface area contributed by atoms with Gasteiger partial charge >= 0.3 is 0 Å². The van der Waals surface area contributed by atoms with E-state index >= 15 is 0 Å². The van der Waals surface area contributed by atoms with E-state index in [-0.39, 0.29) is 6.04 Å². The van der Waals surface area contributed by atoms with Crippen molar-refractivity contribution in [2.24, 2.45) is 5.73 Å². The SMILES string of the molecule is COc1c(C)cc(Br)c(C)c1C(N)c1cscc1C. The van der Waals surface area contributed by atoms with Gasteiger partial charge in [-0.15, -0.1) is 0 Å². The molecule has 102 valence electrons. The predicted molar refractivity (Wildman–Crippen MR) is 85.3 cm³/mol. The summed E-state index contributed by atoms with van der Waals surface area (Å²) in [5.74, 6) is 0.888. The Kier molecular flexibility index (Phi) is 4.33. The van der Waals surface area contributed by atoms with Crippen molar-refractivity contribution < 1.29 is 4.74 Å². The van der Waals surface area contributed by atoms with Crippen molar-refractivity contribution in [1.82, 2.24) is 0 Å². The van der Waals surface area contributed by atoms with Gasteiger partial charge in [0, 0.05) is 10.0 Å². The first-order valence-corrected chi connectivity index (χ1v) is 7.82. The largest absolute Gasteiger partial charge is 0.496 e. The Morgan fingerprint density at radius 1 is 1.21 bits per heavy atom. The lowest BCUT2D eigenvalue weighted by atomic mass is 9.93. The van der Waals surface area contributed by atoms with Crippen LogP contribution in [0, 0.1) is 20.8 Å². The number of aryl methyl sites for hydroxylation is 2. The highest BCUT2D eigenvalue weighted by Crippen LogP contribution is 2.39. The van der Waals surface area contributed by atoms with Gasteiger partial charge in [-0.25, -0.2) is 0 Å². The van der Waals surface area contributed by atoms with E-state index in [1.165, 1.54) is 11.1 Å². The summed E-state index contributed by atoms with van der Waals surface area (Å²) in [6, 6.07) is 1.92. The van der Waals surface area contributed by atoms with E-state index in [0.717, 1.165) is 26.9 Å². The van der Waals surface area contributed by atoms with E-state index in [1.807, 2.05) is 6.92 Å². The van der Waals surface area contributed by atoms with Gasteiger partial charge in [-0.05, 0) is 59.9 Å². The van der Waals surface area contributed by atoms with Crippen LogP contribution in [0.3, 0.4) is 0 Å². The molecule has 0 saturated heterocycles. The van der Waals surface area contributed by atoms with E-state index in [1.54, 1.807) is 18.4 Å². The maximum atomic E-state index is 6.48. The fraction of sp³-hybridized carbons (Fsp3) is 0.333. The second-order valence-corrected chi connectivity index (χ2v) is 6.33. The highest BCUT2D eigenvalue weighted by molar-refractivity contribution is 9.10. The van der Waals surface area contributed by atoms with Crippen LogP contribution in [0.2, 0.25) is 0 Å². The van der Waals surface area contributed by atoms with E-state index in [0.29, 0.717) is 0 Å². The number of ether oxygens (including phenoxy) is 1. The lowest BCUT2D eigenvalue weighted by Gasteiger charge is -2.21. The Labute approximate surface area is 126 Å². The lowest BCUT2D eigenvalue weighted by Crippen LogP contribution is -2.15. The van der Waals surface area contributed by atoms with Crippen molar-refractivity contribution in [3.05, 3.63) is 49.1 Å². The minimum atomic E-state index is -0.155. The first kappa shape index (κ1) is 14.6. The number of nitrogens with two attached hydrogens (primary N) is 1. The Morgan fingerprint density at radius 2 is 1.89 bits per heavy atom. The molecule has 0 aliphatic carbocycles. The molecule has 0 radical (unpaired) electrons. The van der Waals surface area contributed by atoms with Gasteiger partial charge in [0.1, 0.15) is 5.75 Å². The monoisotopic (exact) mass is 339 g/mol. The average Bonchev–Trinajstić information content (AvgIpc) is 2.79. The average molecular weight is 340 g/mol. The third-order valence-electron chi connectivity index (χ3n) is 3.45. The van der Waals surface area contributed by atoms with Gasteiger partial charge in [0.2, 0.25) is 0 Å². The number of rotatable bonds is 3. The zero-order chi connectivity index (χ0) is 14.2. The summed E-state index contributed by atoms with van der Waals surface area (Å²) in [4.78, 5) is 0. The van der Waals surface area contributed by atoms with E-state index in [2.05, 4.69) is 46.6 Å². The molecule has 1 unspecified atom stereocenters. The standard InChI is InChI=1S/C15H18BrNOS/c1-8-5-12(16)10(3)13(15(8)18-4)14(17)11-7-19-6-9(11)2/h5-7,14H,17H2,1-4H3. The van der Waals surface area contributed by atoms with Crippen LogP contribution in [0.5, 0.6) is 5.75 Å². The van der Waals surface area contributed by atoms with Gasteiger partial charge in [-0.2, -0.15) is 11.3 Å². The molecule has 0 aliphatic heterocycles. The molecule has 19 heavy (non-hydrogen) atoms. The molecule has 0 spiro atoms. The number of hydrogen-bond acceptors (Lipinski definition) is 3. The van der Waals surface area contributed by atoms with Crippen LogP contribution in [0.1, 0.15) is 33.9 Å². The third kappa shape index (κ3) is 2.57. The topological polar surface area (TPSA) is 35.2 Å². The van der Waals surface area contributed by atoms with Gasteiger partial charge in [0.05, 0.1) is 13.2 Å². The van der Waals surface area contributed by atoms with Crippen molar-refractivity contribution >= 4 is 27.3 Å². The summed E-state index contributed by atoms with van der Waals surface area (Å²) in [6.07, 6.45) is 0. The molecule has 0 bridgehead atoms. The summed E-state index contributed by atoms with van der Waals surface area (Å²) in [5.41, 5.74) is 12.2. The van der Waals surface area contributed by atoms with Crippen LogP contribution < -0.4 is 10.5 Å². The Morgan fingerprint density at radius 3 is 2.42 bits per heavy atom. The first-order chi connectivity index (χ1) is 8.97. The van der Waals surface area contributed by atoms with Crippen molar-refractivity contribution in [3.8, 4) is 5.75 Å². The van der Waals surface area contributed by atoms with Crippen LogP contribution in [0.4, 0.5) is 0 Å². The molecule has 1 aromatic heterocycles. The summed E-state index contributed by atoms with van der Waals surface area (Å²) in [7, 11) is 1.70. The maximum absolute atomic E-state index is 6.48. The number of methoxy groups -OCH3 is 1. The van der Waals surface area contributed by atoms with Crippen molar-refractivity contribution in [2.75, 3.05) is 7.11 Å². The molecule has 4 heteroatoms. The minimum absolute atomic E-state index is 0.155. The molecule has 2 nitrogen and oxygen atoms in total. The van der Waals surface area contributed by atoms with Gasteiger partial charge in [0.25, 0.3) is 0 Å². The van der Waals surface area contributed by atoms with Gasteiger partial charge < -0.3 is 10.5 Å². The lowest BCUT2D eigenvalue weighted by molar-refractivity contribution is 0.404. The Hall–Kier alpha value is -0.840. The fourth-order valence-corrected chi connectivity index (χ4v) is 3.81. The molecular formula is C15H18BrNOS. The molecule has 0 saturated carbocycles. The molecule has 2 N–H and O–H groups in total. The molecule has 2 aromatic rings. The molecule has 0 amide bonds. The van der Waals surface area contributed by atoms with E-state index < -0.39 is 0 Å². The molecule has 0 aliphatic rings. The van der Waals surface area contributed by atoms with Crippen molar-refractivity contribution in [3.63, 3.8) is 0 Å². The van der Waals surface area contributed by atoms with Crippen LogP contribution >= 0.6 is 27.3 Å². The number of halogens is 1. The second-order valence-electron chi connectivity index (χ2n) is 4.74. The van der Waals surface area contributed by atoms with E-state index in [9.17, 15) is 0 Å². The van der Waals surface area contributed by atoms with Gasteiger partial charge in [0.15, 0.2) is 0 Å². The maximum Gasteiger partial charge on any atom is 0.127 e. The predicted octanol–water partition coefficient (Wildman–Crippen LogP) is 4.49. The molecule has 1 aromatic carbocycles. The Balaban J connectivity index is 2.64. The summed E-state index contributed by atoms with van der Waals surface area (Å²) in [6.45, 7) is 6.21. The summed E-state index contributed by atoms with van der Waals surface area (Å²) < 4.78 is 6.65. The second kappa shape index (κ2) is 5.65. The molecule has 0 fully saturated rings. The van der Waals surface area contributed by atoms with E-state index in [4.69, 9.17) is 10.5 Å². The number of hydrogen-bond donors (Lipinski definition) is 1. The van der Waals surface area contributed by atoms with Crippen molar-refractivity contribution in [2.45, 2.75) is 26.8 Å². The van der Waals surface area contributed by atoms with Crippen molar-refractivity contribution in [1.29, 1.82) is 0 Å². The quantitative estimate of drug-likeness (QED) is 0.893. The first-order valence-electron chi connectivity index (χ1n) is 6.09. The molecule has 1 atom stereocenters. The van der Waals surface area contributed by atoms with Crippen LogP contribution in [-0.4, -0.2) is 7.11 Å². The highest BCUT2D eigenvalue weighted by Gasteiger charge is 2.21. The van der Waals surface area contributed by atoms with Crippen LogP contribution in [-0.2, 0) is 0 Å². The third-order valence-corrected chi connectivity index (χ3v) is 5.16. The number of thiophene rings is 1. The molecule has 1 heterocycles. The molecular weight excluding hydrogens is 322 g/mol. The summed E-state index contributed by atoms with van der Waals surface area (Å²) in [5, 5.41) is 4.25. The Bertz CT molecular complexity index is 606. The smallest absolute Gasteiger partial charge is 0.127 e. The van der Waals surface area contributed by atoms with Gasteiger partial charge in [-0.3, -0.25) is 0 Å². The number of benzene rings is 1. The van der Waals surface area contributed by atoms with Gasteiger partial charge in [-0.1, -0.05) is 15.9 Å². The van der Waals surface area contributed by atoms with Crippen LogP contribution in [0.25, 0.3) is 0 Å². The molecule has 2 rings (SSSR count). The van der Waals surface area contributed by atoms with Crippen LogP contribution in [0.15, 0.2) is 21.3 Å². The highest BCUT2D eigenvalue weighted by atomic mass is 79.9. The fourth-order valence-electron chi connectivity index (χ4n) is 2.37.